The molecular weight excluding hydrogens is 360 g/mol. The van der Waals surface area contributed by atoms with Crippen molar-refractivity contribution in [2.75, 3.05) is 13.7 Å². The van der Waals surface area contributed by atoms with Gasteiger partial charge in [-0.3, -0.25) is 14.2 Å². The van der Waals surface area contributed by atoms with E-state index >= 15 is 0 Å². The fraction of sp³-hybridized carbons (Fsp3) is 0.286. The fourth-order valence-electron chi connectivity index (χ4n) is 3.08. The van der Waals surface area contributed by atoms with E-state index in [9.17, 15) is 9.59 Å². The summed E-state index contributed by atoms with van der Waals surface area (Å²) in [6, 6.07) is 10.7. The number of carbonyl (C=O) groups excluding carboxylic acids is 2. The normalized spacial score (nSPS) is 10.7. The molecule has 146 valence electrons. The Balaban J connectivity index is 1.66. The van der Waals surface area contributed by atoms with Gasteiger partial charge in [-0.25, -0.2) is 0 Å². The van der Waals surface area contributed by atoms with Gasteiger partial charge >= 0.3 is 5.97 Å². The molecule has 0 amide bonds. The highest BCUT2D eigenvalue weighted by molar-refractivity contribution is 5.99. The predicted molar refractivity (Wildman–Crippen MR) is 102 cm³/mol. The van der Waals surface area contributed by atoms with E-state index in [1.54, 1.807) is 50.4 Å². The number of carbonyl (C=O) groups is 2. The highest BCUT2D eigenvalue weighted by Crippen LogP contribution is 2.21. The predicted octanol–water partition coefficient (Wildman–Crippen LogP) is 3.37. The Kier molecular flexibility index (Phi) is 5.63. The van der Waals surface area contributed by atoms with E-state index in [2.05, 4.69) is 5.16 Å². The topological polar surface area (TPSA) is 83.6 Å². The maximum atomic E-state index is 12.6. The van der Waals surface area contributed by atoms with Gasteiger partial charge in [-0.15, -0.1) is 0 Å². The molecule has 0 atom stereocenters. The highest BCUT2D eigenvalue weighted by atomic mass is 16.5. The quantitative estimate of drug-likeness (QED) is 0.460. The smallest absolute Gasteiger partial charge is 0.310 e. The molecule has 0 aliphatic heterocycles. The lowest BCUT2D eigenvalue weighted by molar-refractivity contribution is -0.141. The lowest BCUT2D eigenvalue weighted by Gasteiger charge is -2.07. The van der Waals surface area contributed by atoms with Gasteiger partial charge in [0.25, 0.3) is 0 Å². The van der Waals surface area contributed by atoms with Crippen LogP contribution in [0, 0.1) is 20.8 Å². The Morgan fingerprint density at radius 2 is 1.93 bits per heavy atom. The van der Waals surface area contributed by atoms with E-state index in [-0.39, 0.29) is 18.8 Å². The summed E-state index contributed by atoms with van der Waals surface area (Å²) < 4.78 is 17.3. The third-order valence-corrected chi connectivity index (χ3v) is 4.42. The van der Waals surface area contributed by atoms with E-state index < -0.39 is 5.97 Å². The van der Waals surface area contributed by atoms with Crippen LogP contribution in [0.4, 0.5) is 0 Å². The van der Waals surface area contributed by atoms with Crippen LogP contribution in [0.2, 0.25) is 0 Å². The standard InChI is InChI=1S/C21H22N2O5/c1-13-8-18(15(3)23(13)20-9-14(2)28-22-20)19(24)12-27-21(25)11-16-6-5-7-17(10-16)26-4/h5-10H,11-12H2,1-4H3. The summed E-state index contributed by atoms with van der Waals surface area (Å²) in [5.41, 5.74) is 2.82. The summed E-state index contributed by atoms with van der Waals surface area (Å²) >= 11 is 0. The van der Waals surface area contributed by atoms with Crippen molar-refractivity contribution in [1.29, 1.82) is 0 Å². The van der Waals surface area contributed by atoms with Gasteiger partial charge in [-0.05, 0) is 44.5 Å². The number of ether oxygens (including phenoxy) is 2. The fourth-order valence-corrected chi connectivity index (χ4v) is 3.08. The van der Waals surface area contributed by atoms with Crippen molar-refractivity contribution in [3.05, 3.63) is 64.7 Å². The lowest BCUT2D eigenvalue weighted by atomic mass is 10.1. The number of ketones is 1. The third kappa shape index (κ3) is 4.14. The second-order valence-electron chi connectivity index (χ2n) is 6.53. The monoisotopic (exact) mass is 382 g/mol. The van der Waals surface area contributed by atoms with Gasteiger partial charge in [0.1, 0.15) is 11.5 Å². The second kappa shape index (κ2) is 8.12. The van der Waals surface area contributed by atoms with Crippen LogP contribution in [0.1, 0.15) is 33.1 Å². The number of Topliss-reactive ketones (excluding diaryl/α,β-unsaturated/α-hetero) is 1. The number of rotatable bonds is 7. The zero-order valence-electron chi connectivity index (χ0n) is 16.3. The highest BCUT2D eigenvalue weighted by Gasteiger charge is 2.19. The van der Waals surface area contributed by atoms with Crippen LogP contribution in [-0.2, 0) is 16.0 Å². The minimum atomic E-state index is -0.470. The summed E-state index contributed by atoms with van der Waals surface area (Å²) in [6.07, 6.45) is 0.0711. The van der Waals surface area contributed by atoms with Crippen molar-refractivity contribution < 1.29 is 23.6 Å². The molecule has 0 aliphatic rings. The first-order chi connectivity index (χ1) is 13.4. The van der Waals surface area contributed by atoms with Crippen LogP contribution < -0.4 is 4.74 Å². The Morgan fingerprint density at radius 3 is 2.61 bits per heavy atom. The average Bonchev–Trinajstić information content (AvgIpc) is 3.22. The first-order valence-electron chi connectivity index (χ1n) is 8.83. The number of aromatic nitrogens is 2. The Hall–Kier alpha value is -3.35. The van der Waals surface area contributed by atoms with Crippen LogP contribution in [0.5, 0.6) is 5.75 Å². The van der Waals surface area contributed by atoms with E-state index in [4.69, 9.17) is 14.0 Å². The summed E-state index contributed by atoms with van der Waals surface area (Å²) in [5, 5.41) is 4.00. The van der Waals surface area contributed by atoms with Gasteiger partial charge in [0.2, 0.25) is 5.78 Å². The minimum absolute atomic E-state index is 0.0711. The van der Waals surface area contributed by atoms with Crippen molar-refractivity contribution in [3.63, 3.8) is 0 Å². The van der Waals surface area contributed by atoms with Crippen molar-refractivity contribution in [2.45, 2.75) is 27.2 Å². The summed E-state index contributed by atoms with van der Waals surface area (Å²) in [6.45, 7) is 5.19. The van der Waals surface area contributed by atoms with Crippen molar-refractivity contribution in [3.8, 4) is 11.6 Å². The molecule has 0 saturated carbocycles. The number of aryl methyl sites for hydroxylation is 2. The molecule has 28 heavy (non-hydrogen) atoms. The van der Waals surface area contributed by atoms with Gasteiger partial charge in [0.05, 0.1) is 13.5 Å². The summed E-state index contributed by atoms with van der Waals surface area (Å²) in [4.78, 5) is 24.7. The molecule has 1 aromatic carbocycles. The lowest BCUT2D eigenvalue weighted by Crippen LogP contribution is -2.16. The molecule has 0 saturated heterocycles. The molecule has 3 aromatic rings. The molecule has 0 unspecified atom stereocenters. The van der Waals surface area contributed by atoms with Gasteiger partial charge < -0.3 is 14.0 Å². The number of esters is 1. The molecule has 0 bridgehead atoms. The maximum absolute atomic E-state index is 12.6. The molecule has 0 N–H and O–H groups in total. The van der Waals surface area contributed by atoms with Gasteiger partial charge in [-0.1, -0.05) is 17.3 Å². The van der Waals surface area contributed by atoms with Crippen LogP contribution in [0.3, 0.4) is 0 Å². The van der Waals surface area contributed by atoms with E-state index in [1.807, 2.05) is 18.4 Å². The minimum Gasteiger partial charge on any atom is -0.497 e. The molecule has 0 aliphatic carbocycles. The summed E-state index contributed by atoms with van der Waals surface area (Å²) in [5.74, 6) is 1.22. The number of benzene rings is 1. The van der Waals surface area contributed by atoms with Crippen molar-refractivity contribution in [2.24, 2.45) is 0 Å². The Morgan fingerprint density at radius 1 is 1.14 bits per heavy atom. The number of nitrogens with zero attached hydrogens (tertiary/aromatic N) is 2. The molecule has 2 aromatic heterocycles. The molecule has 0 spiro atoms. The average molecular weight is 382 g/mol. The molecule has 0 radical (unpaired) electrons. The Bertz CT molecular complexity index is 1020. The largest absolute Gasteiger partial charge is 0.497 e. The molecule has 2 heterocycles. The molecule has 3 rings (SSSR count). The van der Waals surface area contributed by atoms with E-state index in [1.165, 1.54) is 0 Å². The van der Waals surface area contributed by atoms with Crippen molar-refractivity contribution in [1.82, 2.24) is 9.72 Å². The first kappa shape index (κ1) is 19.4. The maximum Gasteiger partial charge on any atom is 0.310 e. The number of methoxy groups -OCH3 is 1. The SMILES string of the molecule is COc1cccc(CC(=O)OCC(=O)c2cc(C)n(-c3cc(C)on3)c2C)c1. The van der Waals surface area contributed by atoms with Crippen LogP contribution in [0.25, 0.3) is 5.82 Å². The molecule has 0 fully saturated rings. The zero-order chi connectivity index (χ0) is 20.3. The molecule has 7 nitrogen and oxygen atoms in total. The zero-order valence-corrected chi connectivity index (χ0v) is 16.3. The second-order valence-corrected chi connectivity index (χ2v) is 6.53. The first-order valence-corrected chi connectivity index (χ1v) is 8.83. The van der Waals surface area contributed by atoms with Crippen LogP contribution >= 0.6 is 0 Å². The Labute approximate surface area is 162 Å². The van der Waals surface area contributed by atoms with Gasteiger partial charge in [0.15, 0.2) is 12.4 Å². The van der Waals surface area contributed by atoms with E-state index in [0.717, 1.165) is 17.0 Å². The van der Waals surface area contributed by atoms with E-state index in [0.29, 0.717) is 22.9 Å². The van der Waals surface area contributed by atoms with Gasteiger partial charge in [-0.2, -0.15) is 0 Å². The molecule has 7 heteroatoms. The van der Waals surface area contributed by atoms with Crippen molar-refractivity contribution >= 4 is 11.8 Å². The number of hydrogen-bond acceptors (Lipinski definition) is 6. The van der Waals surface area contributed by atoms with Gasteiger partial charge in [0, 0.05) is 23.0 Å². The summed E-state index contributed by atoms with van der Waals surface area (Å²) in [7, 11) is 1.56. The van der Waals surface area contributed by atoms with Crippen LogP contribution in [-0.4, -0.2) is 35.2 Å². The molecular formula is C21H22N2O5. The third-order valence-electron chi connectivity index (χ3n) is 4.42. The van der Waals surface area contributed by atoms with Crippen LogP contribution in [0.15, 0.2) is 40.9 Å². The number of hydrogen-bond donors (Lipinski definition) is 0.